The van der Waals surface area contributed by atoms with E-state index in [2.05, 4.69) is 10.3 Å². The Balaban J connectivity index is 2.00. The highest BCUT2D eigenvalue weighted by molar-refractivity contribution is 5.83. The average molecular weight is 290 g/mol. The number of nitrogens with two attached hydrogens (primary N) is 1. The van der Waals surface area contributed by atoms with Crippen molar-refractivity contribution < 1.29 is 9.59 Å². The number of carbonyl (C=O) groups excluding carboxylic acids is 2. The number of hydrazine groups is 1. The van der Waals surface area contributed by atoms with Gasteiger partial charge in [-0.05, 0) is 5.56 Å². The molecule has 6 heteroatoms. The molecule has 0 radical (unpaired) electrons. The van der Waals surface area contributed by atoms with Gasteiger partial charge in [-0.3, -0.25) is 19.9 Å². The molecule has 1 saturated heterocycles. The maximum Gasteiger partial charge on any atom is 0.242 e. The van der Waals surface area contributed by atoms with Crippen LogP contribution in [-0.4, -0.2) is 54.3 Å². The van der Waals surface area contributed by atoms with Gasteiger partial charge in [0.2, 0.25) is 11.8 Å². The van der Waals surface area contributed by atoms with Gasteiger partial charge in [0.05, 0.1) is 5.92 Å². The number of rotatable bonds is 4. The molecule has 1 unspecified atom stereocenters. The molecule has 1 aliphatic heterocycles. The first-order valence-corrected chi connectivity index (χ1v) is 7.15. The second-order valence-electron chi connectivity index (χ2n) is 5.28. The van der Waals surface area contributed by atoms with Crippen LogP contribution in [0.4, 0.5) is 0 Å². The molecule has 6 nitrogen and oxygen atoms in total. The molecule has 1 aromatic carbocycles. The van der Waals surface area contributed by atoms with Gasteiger partial charge in [-0.2, -0.15) is 0 Å². The summed E-state index contributed by atoms with van der Waals surface area (Å²) in [5, 5.41) is 0. The van der Waals surface area contributed by atoms with E-state index in [-0.39, 0.29) is 17.7 Å². The summed E-state index contributed by atoms with van der Waals surface area (Å²) in [6.45, 7) is 5.17. The maximum absolute atomic E-state index is 12.0. The van der Waals surface area contributed by atoms with Crippen molar-refractivity contribution in [2.24, 2.45) is 5.84 Å². The summed E-state index contributed by atoms with van der Waals surface area (Å²) >= 11 is 0. The standard InChI is InChI=1S/C15H22N4O2/c1-12(20)19-9-7-18(8-10-19)11-14(15(21)17-16)13-5-3-2-4-6-13/h2-6,14H,7-11,16H2,1H3,(H,17,21). The number of nitrogens with one attached hydrogen (secondary N) is 1. The molecule has 2 rings (SSSR count). The van der Waals surface area contributed by atoms with Gasteiger partial charge in [0.15, 0.2) is 0 Å². The number of piperazine rings is 1. The summed E-state index contributed by atoms with van der Waals surface area (Å²) in [5.41, 5.74) is 3.20. The molecule has 0 saturated carbocycles. The number of nitrogens with zero attached hydrogens (tertiary/aromatic N) is 2. The summed E-state index contributed by atoms with van der Waals surface area (Å²) in [6, 6.07) is 9.63. The van der Waals surface area contributed by atoms with E-state index < -0.39 is 0 Å². The van der Waals surface area contributed by atoms with Crippen LogP contribution >= 0.6 is 0 Å². The zero-order chi connectivity index (χ0) is 15.2. The Morgan fingerprint density at radius 2 is 1.81 bits per heavy atom. The van der Waals surface area contributed by atoms with E-state index in [1.54, 1.807) is 6.92 Å². The van der Waals surface area contributed by atoms with Crippen molar-refractivity contribution in [3.63, 3.8) is 0 Å². The van der Waals surface area contributed by atoms with Crippen molar-refractivity contribution in [1.29, 1.82) is 0 Å². The minimum absolute atomic E-state index is 0.106. The van der Waals surface area contributed by atoms with Crippen molar-refractivity contribution >= 4 is 11.8 Å². The monoisotopic (exact) mass is 290 g/mol. The van der Waals surface area contributed by atoms with Crippen LogP contribution in [0, 0.1) is 0 Å². The molecule has 0 aliphatic carbocycles. The van der Waals surface area contributed by atoms with E-state index in [4.69, 9.17) is 5.84 Å². The smallest absolute Gasteiger partial charge is 0.242 e. The zero-order valence-corrected chi connectivity index (χ0v) is 12.3. The highest BCUT2D eigenvalue weighted by Gasteiger charge is 2.25. The topological polar surface area (TPSA) is 78.7 Å². The first-order chi connectivity index (χ1) is 10.1. The lowest BCUT2D eigenvalue weighted by atomic mass is 9.97. The van der Waals surface area contributed by atoms with Gasteiger partial charge < -0.3 is 4.90 Å². The molecule has 1 fully saturated rings. The van der Waals surface area contributed by atoms with Gasteiger partial charge >= 0.3 is 0 Å². The molecule has 1 aromatic rings. The third kappa shape index (κ3) is 4.03. The van der Waals surface area contributed by atoms with Crippen molar-refractivity contribution in [3.8, 4) is 0 Å². The second-order valence-corrected chi connectivity index (χ2v) is 5.28. The van der Waals surface area contributed by atoms with Crippen LogP contribution in [0.1, 0.15) is 18.4 Å². The minimum Gasteiger partial charge on any atom is -0.340 e. The van der Waals surface area contributed by atoms with E-state index in [9.17, 15) is 9.59 Å². The van der Waals surface area contributed by atoms with Gasteiger partial charge in [-0.25, -0.2) is 5.84 Å². The SMILES string of the molecule is CC(=O)N1CCN(CC(C(=O)NN)c2ccccc2)CC1. The normalized spacial score (nSPS) is 17.3. The summed E-state index contributed by atoms with van der Waals surface area (Å²) < 4.78 is 0. The Bertz CT molecular complexity index is 484. The van der Waals surface area contributed by atoms with Gasteiger partial charge in [-0.1, -0.05) is 30.3 Å². The lowest BCUT2D eigenvalue weighted by Crippen LogP contribution is -2.50. The Kier molecular flexibility index (Phi) is 5.30. The minimum atomic E-state index is -0.292. The first-order valence-electron chi connectivity index (χ1n) is 7.15. The summed E-state index contributed by atoms with van der Waals surface area (Å²) in [7, 11) is 0. The summed E-state index contributed by atoms with van der Waals surface area (Å²) in [5.74, 6) is 4.94. The molecule has 1 heterocycles. The second kappa shape index (κ2) is 7.19. The van der Waals surface area contributed by atoms with E-state index in [0.29, 0.717) is 19.6 Å². The van der Waals surface area contributed by atoms with Gasteiger partial charge in [-0.15, -0.1) is 0 Å². The summed E-state index contributed by atoms with van der Waals surface area (Å²) in [4.78, 5) is 27.4. The van der Waals surface area contributed by atoms with E-state index >= 15 is 0 Å². The number of carbonyl (C=O) groups is 2. The summed E-state index contributed by atoms with van der Waals surface area (Å²) in [6.07, 6.45) is 0. The fourth-order valence-electron chi connectivity index (χ4n) is 2.63. The highest BCUT2D eigenvalue weighted by Crippen LogP contribution is 2.18. The van der Waals surface area contributed by atoms with Crippen molar-refractivity contribution in [2.45, 2.75) is 12.8 Å². The van der Waals surface area contributed by atoms with Crippen LogP contribution in [0.5, 0.6) is 0 Å². The van der Waals surface area contributed by atoms with Crippen LogP contribution in [0.25, 0.3) is 0 Å². The van der Waals surface area contributed by atoms with Crippen molar-refractivity contribution in [3.05, 3.63) is 35.9 Å². The molecular formula is C15H22N4O2. The molecule has 1 aliphatic rings. The Morgan fingerprint density at radius 1 is 1.19 bits per heavy atom. The van der Waals surface area contributed by atoms with Gasteiger partial charge in [0.1, 0.15) is 0 Å². The molecular weight excluding hydrogens is 268 g/mol. The Labute approximate surface area is 124 Å². The van der Waals surface area contributed by atoms with Gasteiger partial charge in [0, 0.05) is 39.6 Å². The van der Waals surface area contributed by atoms with E-state index in [0.717, 1.165) is 18.7 Å². The zero-order valence-electron chi connectivity index (χ0n) is 12.3. The molecule has 2 amide bonds. The molecule has 3 N–H and O–H groups in total. The number of hydrogen-bond acceptors (Lipinski definition) is 4. The van der Waals surface area contributed by atoms with Crippen LogP contribution in [0.2, 0.25) is 0 Å². The van der Waals surface area contributed by atoms with Gasteiger partial charge in [0.25, 0.3) is 0 Å². The van der Waals surface area contributed by atoms with Crippen molar-refractivity contribution in [2.75, 3.05) is 32.7 Å². The quantitative estimate of drug-likeness (QED) is 0.462. The van der Waals surface area contributed by atoms with E-state index in [1.807, 2.05) is 35.2 Å². The largest absolute Gasteiger partial charge is 0.340 e. The Hall–Kier alpha value is -1.92. The first kappa shape index (κ1) is 15.5. The maximum atomic E-state index is 12.0. The van der Waals surface area contributed by atoms with E-state index in [1.165, 1.54) is 0 Å². The fourth-order valence-corrected chi connectivity index (χ4v) is 2.63. The average Bonchev–Trinajstić information content (AvgIpc) is 2.53. The predicted octanol–water partition coefficient (Wildman–Crippen LogP) is -0.0758. The molecule has 0 aromatic heterocycles. The van der Waals surface area contributed by atoms with Crippen molar-refractivity contribution in [1.82, 2.24) is 15.2 Å². The molecule has 0 bridgehead atoms. The highest BCUT2D eigenvalue weighted by atomic mass is 16.2. The fraction of sp³-hybridized carbons (Fsp3) is 0.467. The predicted molar refractivity (Wildman–Crippen MR) is 80.2 cm³/mol. The third-order valence-corrected chi connectivity index (χ3v) is 3.92. The van der Waals surface area contributed by atoms with Crippen LogP contribution in [-0.2, 0) is 9.59 Å². The van der Waals surface area contributed by atoms with Crippen LogP contribution in [0.15, 0.2) is 30.3 Å². The lowest BCUT2D eigenvalue weighted by molar-refractivity contribution is -0.131. The number of amides is 2. The Morgan fingerprint density at radius 3 is 2.33 bits per heavy atom. The number of hydrogen-bond donors (Lipinski definition) is 2. The molecule has 1 atom stereocenters. The lowest BCUT2D eigenvalue weighted by Gasteiger charge is -2.35. The van der Waals surface area contributed by atoms with Crippen LogP contribution < -0.4 is 11.3 Å². The number of benzene rings is 1. The molecule has 114 valence electrons. The third-order valence-electron chi connectivity index (χ3n) is 3.92. The van der Waals surface area contributed by atoms with Crippen LogP contribution in [0.3, 0.4) is 0 Å². The molecule has 21 heavy (non-hydrogen) atoms. The molecule has 0 spiro atoms.